The Morgan fingerprint density at radius 1 is 0.934 bits per heavy atom. The highest BCUT2D eigenvalue weighted by atomic mass is 32.2. The highest BCUT2D eigenvalue weighted by molar-refractivity contribution is 7.99. The summed E-state index contributed by atoms with van der Waals surface area (Å²) >= 11 is 3.16. The van der Waals surface area contributed by atoms with E-state index in [4.69, 9.17) is 23.7 Å². The lowest BCUT2D eigenvalue weighted by molar-refractivity contribution is 0.0691. The van der Waals surface area contributed by atoms with E-state index in [9.17, 15) is 18.8 Å². The molecule has 316 valence electrons. The Kier molecular flexibility index (Phi) is 11.3. The van der Waals surface area contributed by atoms with E-state index in [-0.39, 0.29) is 24.4 Å². The van der Waals surface area contributed by atoms with E-state index < -0.39 is 23.1 Å². The van der Waals surface area contributed by atoms with Crippen molar-refractivity contribution in [2.75, 3.05) is 45.4 Å². The molecule has 0 unspecified atom stereocenters. The minimum absolute atomic E-state index is 0.0488. The van der Waals surface area contributed by atoms with Crippen LogP contribution in [0, 0.1) is 5.82 Å². The number of thiophene rings is 1. The van der Waals surface area contributed by atoms with E-state index in [1.54, 1.807) is 24.1 Å². The Labute approximate surface area is 359 Å². The fraction of sp³-hybridized carbons (Fsp3) is 0.378. The monoisotopic (exact) mass is 864 g/mol. The summed E-state index contributed by atoms with van der Waals surface area (Å²) in [7, 11) is 3.10. The third kappa shape index (κ3) is 7.53. The highest BCUT2D eigenvalue weighted by Gasteiger charge is 2.35. The Balaban J connectivity index is 0.979. The summed E-state index contributed by atoms with van der Waals surface area (Å²) in [6.45, 7) is 5.06. The number of carbonyl (C=O) groups is 1. The average Bonchev–Trinajstić information content (AvgIpc) is 3.95. The summed E-state index contributed by atoms with van der Waals surface area (Å²) in [6, 6.07) is 17.4. The topological polar surface area (TPSA) is 143 Å². The van der Waals surface area contributed by atoms with Gasteiger partial charge >= 0.3 is 5.69 Å². The Hall–Kier alpha value is -5.74. The zero-order valence-electron chi connectivity index (χ0n) is 34.3. The second kappa shape index (κ2) is 17.0. The molecule has 3 aromatic heterocycles. The van der Waals surface area contributed by atoms with Gasteiger partial charge in [-0.2, -0.15) is 16.7 Å². The number of thioether (sulfide) groups is 1. The van der Waals surface area contributed by atoms with E-state index in [2.05, 4.69) is 16.2 Å². The molecule has 0 bridgehead atoms. The lowest BCUT2D eigenvalue weighted by atomic mass is 9.81. The highest BCUT2D eigenvalue weighted by Crippen LogP contribution is 2.44. The molecule has 3 aromatic carbocycles. The first kappa shape index (κ1) is 40.7. The molecule has 0 N–H and O–H groups in total. The van der Waals surface area contributed by atoms with E-state index in [0.29, 0.717) is 88.4 Å². The number of rotatable bonds is 11. The number of piperidine rings is 1. The molecule has 3 aliphatic rings. The van der Waals surface area contributed by atoms with Crippen LogP contribution in [0.2, 0.25) is 0 Å². The molecule has 2 fully saturated rings. The van der Waals surface area contributed by atoms with Gasteiger partial charge in [-0.25, -0.2) is 9.18 Å². The number of fused-ring (bicyclic) bond motifs is 4. The zero-order valence-corrected chi connectivity index (χ0v) is 35.9. The number of hydrogen-bond donors (Lipinski definition) is 0. The van der Waals surface area contributed by atoms with Crippen LogP contribution in [0.25, 0.3) is 20.7 Å². The summed E-state index contributed by atoms with van der Waals surface area (Å²) in [5.74, 6) is 4.21. The minimum atomic E-state index is -0.512. The largest absolute Gasteiger partial charge is 0.496 e. The van der Waals surface area contributed by atoms with Crippen molar-refractivity contribution in [3.05, 3.63) is 121 Å². The number of aromatic nitrogens is 4. The number of aryl methyl sites for hydroxylation is 1. The van der Waals surface area contributed by atoms with Gasteiger partial charge in [-0.1, -0.05) is 24.2 Å². The maximum Gasteiger partial charge on any atom is 0.332 e. The van der Waals surface area contributed by atoms with Gasteiger partial charge in [0.05, 0.1) is 38.1 Å². The molecule has 9 rings (SSSR count). The Morgan fingerprint density at radius 3 is 2.44 bits per heavy atom. The van der Waals surface area contributed by atoms with Gasteiger partial charge in [0.1, 0.15) is 22.8 Å². The van der Waals surface area contributed by atoms with Gasteiger partial charge in [0, 0.05) is 70.4 Å². The van der Waals surface area contributed by atoms with Crippen molar-refractivity contribution in [3.8, 4) is 27.7 Å². The Bertz CT molecular complexity index is 2790. The molecule has 1 amide bonds. The third-order valence-corrected chi connectivity index (χ3v) is 14.1. The minimum Gasteiger partial charge on any atom is -0.496 e. The summed E-state index contributed by atoms with van der Waals surface area (Å²) < 4.78 is 39.9. The molecular formula is C45H45FN6O7S2. The first-order chi connectivity index (χ1) is 29.7. The number of hydrogen-bond acceptors (Lipinski definition) is 12. The molecule has 2 saturated heterocycles. The quantitative estimate of drug-likeness (QED) is 0.130. The molecule has 61 heavy (non-hydrogen) atoms. The van der Waals surface area contributed by atoms with Crippen LogP contribution in [0.5, 0.6) is 17.2 Å². The first-order valence-corrected chi connectivity index (χ1v) is 22.5. The number of carbonyl (C=O) groups excluding carboxylic acids is 1. The number of likely N-dealkylation sites (tertiary alicyclic amines) is 1. The van der Waals surface area contributed by atoms with Crippen molar-refractivity contribution in [3.63, 3.8) is 0 Å². The number of nitrogens with zero attached hydrogens (tertiary/aromatic N) is 6. The van der Waals surface area contributed by atoms with Gasteiger partial charge in [-0.15, -0.1) is 11.3 Å². The molecular weight excluding hydrogens is 820 g/mol. The second-order valence-electron chi connectivity index (χ2n) is 15.3. The molecule has 0 radical (unpaired) electrons. The SMILES string of the molecule is CCOc1cc2c(cc1OC)C(c1ccc(C(=O)N3CCC(n4c(=O)c5sc(-c6ccc(F)cc6OC)cc5n(Cc5nc(CC)no5)c4=O)CC3)cc1)=N[C@@H]1CCSC[C@H]21. The van der Waals surface area contributed by atoms with Crippen molar-refractivity contribution < 1.29 is 27.9 Å². The van der Waals surface area contributed by atoms with Crippen LogP contribution in [-0.2, 0) is 13.0 Å². The van der Waals surface area contributed by atoms with Crippen molar-refractivity contribution in [1.82, 2.24) is 24.2 Å². The molecule has 0 aliphatic carbocycles. The number of amides is 1. The molecule has 13 nitrogen and oxygen atoms in total. The average molecular weight is 865 g/mol. The summed E-state index contributed by atoms with van der Waals surface area (Å²) in [5.41, 5.74) is 4.65. The smallest absolute Gasteiger partial charge is 0.332 e. The lowest BCUT2D eigenvalue weighted by Gasteiger charge is -2.35. The standard InChI is InChI=1S/C45H45FN6O7S2/c1-5-39-48-40(59-49-39)23-51-34-22-38(29-12-11-27(46)19-35(29)56-3)61-42(34)44(54)52(45(51)55)28-13-16-50(17-14-28)43(53)26-9-7-25(8-10-26)41-31-21-36(57-4)37(58-6-2)20-30(31)32-24-60-18-15-33(32)47-41/h7-12,19-22,28,32-33H,5-6,13-18,23-24H2,1-4H3/t32-,33-/m1/s1. The number of ether oxygens (including phenoxy) is 3. The van der Waals surface area contributed by atoms with Gasteiger partial charge in [-0.3, -0.25) is 23.7 Å². The number of benzene rings is 3. The van der Waals surface area contributed by atoms with E-state index in [0.717, 1.165) is 40.5 Å². The molecule has 2 atom stereocenters. The van der Waals surface area contributed by atoms with Crippen molar-refractivity contribution in [1.29, 1.82) is 0 Å². The van der Waals surface area contributed by atoms with E-state index in [1.165, 1.54) is 45.3 Å². The van der Waals surface area contributed by atoms with Crippen molar-refractivity contribution >= 4 is 44.9 Å². The molecule has 0 spiro atoms. The molecule has 6 aromatic rings. The predicted octanol–water partition coefficient (Wildman–Crippen LogP) is 7.36. The third-order valence-electron chi connectivity index (χ3n) is 11.8. The van der Waals surface area contributed by atoms with Crippen LogP contribution in [0.1, 0.15) is 83.8 Å². The van der Waals surface area contributed by atoms with E-state index >= 15 is 0 Å². The van der Waals surface area contributed by atoms with Gasteiger partial charge in [0.25, 0.3) is 11.5 Å². The van der Waals surface area contributed by atoms with Crippen LogP contribution in [0.3, 0.4) is 0 Å². The first-order valence-electron chi connectivity index (χ1n) is 20.5. The van der Waals surface area contributed by atoms with Crippen LogP contribution in [0.4, 0.5) is 4.39 Å². The zero-order chi connectivity index (χ0) is 42.4. The van der Waals surface area contributed by atoms with Crippen LogP contribution in [-0.4, -0.2) is 87.3 Å². The van der Waals surface area contributed by atoms with Gasteiger partial charge in [0.2, 0.25) is 5.89 Å². The number of aliphatic imine (C=N–C) groups is 1. The molecule has 0 saturated carbocycles. The fourth-order valence-corrected chi connectivity index (χ4v) is 11.1. The lowest BCUT2D eigenvalue weighted by Crippen LogP contribution is -2.46. The van der Waals surface area contributed by atoms with E-state index in [1.807, 2.05) is 55.9 Å². The van der Waals surface area contributed by atoms with Gasteiger partial charge in [0.15, 0.2) is 17.3 Å². The summed E-state index contributed by atoms with van der Waals surface area (Å²) in [5, 5.41) is 4.00. The molecule has 6 heterocycles. The van der Waals surface area contributed by atoms with Crippen LogP contribution in [0.15, 0.2) is 79.8 Å². The molecule has 16 heteroatoms. The maximum atomic E-state index is 14.4. The van der Waals surface area contributed by atoms with Crippen molar-refractivity contribution in [2.24, 2.45) is 4.99 Å². The van der Waals surface area contributed by atoms with Crippen LogP contribution < -0.4 is 25.5 Å². The summed E-state index contributed by atoms with van der Waals surface area (Å²) in [6.07, 6.45) is 2.34. The van der Waals surface area contributed by atoms with Gasteiger partial charge < -0.3 is 23.6 Å². The summed E-state index contributed by atoms with van der Waals surface area (Å²) in [4.78, 5) is 54.8. The number of methoxy groups -OCH3 is 2. The maximum absolute atomic E-state index is 14.4. The van der Waals surface area contributed by atoms with Gasteiger partial charge in [-0.05, 0) is 80.0 Å². The Morgan fingerprint density at radius 2 is 1.72 bits per heavy atom. The fourth-order valence-electron chi connectivity index (χ4n) is 8.71. The second-order valence-corrected chi connectivity index (χ2v) is 17.5. The predicted molar refractivity (Wildman–Crippen MR) is 234 cm³/mol. The van der Waals surface area contributed by atoms with Crippen molar-refractivity contribution in [2.45, 2.75) is 64.1 Å². The van der Waals surface area contributed by atoms with Crippen LogP contribution >= 0.6 is 23.1 Å². The molecule has 3 aliphatic heterocycles. The normalized spacial score (nSPS) is 17.8. The number of halogens is 1.